The van der Waals surface area contributed by atoms with E-state index in [1.54, 1.807) is 0 Å². The SMILES string of the molecule is C/C=C\C(C(C)SC)C(C)(C)C. The zero-order chi connectivity index (χ0) is 9.78. The highest BCUT2D eigenvalue weighted by Crippen LogP contribution is 2.34. The molecule has 0 bridgehead atoms. The Kier molecular flexibility index (Phi) is 5.00. The van der Waals surface area contributed by atoms with E-state index in [2.05, 4.69) is 53.0 Å². The van der Waals surface area contributed by atoms with Crippen LogP contribution in [0.3, 0.4) is 0 Å². The van der Waals surface area contributed by atoms with Crippen LogP contribution in [0.25, 0.3) is 0 Å². The van der Waals surface area contributed by atoms with Crippen molar-refractivity contribution < 1.29 is 0 Å². The molecular formula is C11H22S. The Morgan fingerprint density at radius 2 is 1.75 bits per heavy atom. The van der Waals surface area contributed by atoms with Gasteiger partial charge in [-0.1, -0.05) is 39.8 Å². The Labute approximate surface area is 81.8 Å². The van der Waals surface area contributed by atoms with Crippen LogP contribution in [0.5, 0.6) is 0 Å². The van der Waals surface area contributed by atoms with Gasteiger partial charge in [0.2, 0.25) is 0 Å². The average molecular weight is 186 g/mol. The third-order valence-electron chi connectivity index (χ3n) is 2.28. The van der Waals surface area contributed by atoms with E-state index in [0.29, 0.717) is 16.6 Å². The lowest BCUT2D eigenvalue weighted by Gasteiger charge is -2.32. The summed E-state index contributed by atoms with van der Waals surface area (Å²) in [5, 5.41) is 0.709. The van der Waals surface area contributed by atoms with Gasteiger partial charge in [0.05, 0.1) is 0 Å². The molecule has 0 aliphatic rings. The molecule has 0 rings (SSSR count). The molecule has 0 aromatic carbocycles. The Hall–Kier alpha value is 0.0900. The highest BCUT2D eigenvalue weighted by atomic mass is 32.2. The average Bonchev–Trinajstić information content (AvgIpc) is 1.96. The van der Waals surface area contributed by atoms with Crippen molar-refractivity contribution in [1.82, 2.24) is 0 Å². The highest BCUT2D eigenvalue weighted by molar-refractivity contribution is 7.99. The van der Waals surface area contributed by atoms with Crippen LogP contribution < -0.4 is 0 Å². The first-order chi connectivity index (χ1) is 5.43. The number of allylic oxidation sites excluding steroid dienone is 2. The molecule has 0 aromatic heterocycles. The zero-order valence-corrected chi connectivity index (χ0v) is 10.0. The molecule has 0 saturated carbocycles. The molecule has 0 fully saturated rings. The summed E-state index contributed by atoms with van der Waals surface area (Å²) in [5.41, 5.74) is 0.384. The molecule has 12 heavy (non-hydrogen) atoms. The van der Waals surface area contributed by atoms with Crippen molar-refractivity contribution in [2.75, 3.05) is 6.26 Å². The Balaban J connectivity index is 4.44. The second-order valence-corrected chi connectivity index (χ2v) is 5.57. The van der Waals surface area contributed by atoms with Gasteiger partial charge in [0, 0.05) is 5.25 Å². The molecule has 0 aliphatic heterocycles. The molecule has 0 radical (unpaired) electrons. The second-order valence-electron chi connectivity index (χ2n) is 4.36. The number of thioether (sulfide) groups is 1. The van der Waals surface area contributed by atoms with E-state index in [1.807, 2.05) is 11.8 Å². The summed E-state index contributed by atoms with van der Waals surface area (Å²) in [7, 11) is 0. The molecule has 0 amide bonds. The van der Waals surface area contributed by atoms with Gasteiger partial charge in [-0.05, 0) is 24.5 Å². The minimum absolute atomic E-state index is 0.384. The normalized spacial score (nSPS) is 18.2. The fraction of sp³-hybridized carbons (Fsp3) is 0.818. The smallest absolute Gasteiger partial charge is 0.00837 e. The maximum Gasteiger partial charge on any atom is 0.00837 e. The Bertz CT molecular complexity index is 142. The molecule has 0 heterocycles. The predicted octanol–water partition coefficient (Wildman–Crippen LogP) is 3.98. The van der Waals surface area contributed by atoms with Crippen LogP contribution in [0.4, 0.5) is 0 Å². The van der Waals surface area contributed by atoms with Crippen LogP contribution in [0.2, 0.25) is 0 Å². The van der Waals surface area contributed by atoms with Crippen molar-refractivity contribution in [1.29, 1.82) is 0 Å². The molecule has 0 nitrogen and oxygen atoms in total. The van der Waals surface area contributed by atoms with Crippen LogP contribution in [-0.2, 0) is 0 Å². The maximum absolute atomic E-state index is 2.33. The molecule has 0 spiro atoms. The topological polar surface area (TPSA) is 0 Å². The largest absolute Gasteiger partial charge is 0.162 e. The number of rotatable bonds is 3. The van der Waals surface area contributed by atoms with Gasteiger partial charge >= 0.3 is 0 Å². The highest BCUT2D eigenvalue weighted by Gasteiger charge is 2.26. The van der Waals surface area contributed by atoms with Crippen LogP contribution in [-0.4, -0.2) is 11.5 Å². The summed E-state index contributed by atoms with van der Waals surface area (Å²) in [4.78, 5) is 0. The molecule has 72 valence electrons. The van der Waals surface area contributed by atoms with Crippen molar-refractivity contribution >= 4 is 11.8 Å². The summed E-state index contributed by atoms with van der Waals surface area (Å²) in [6.07, 6.45) is 6.69. The fourth-order valence-corrected chi connectivity index (χ4v) is 2.30. The molecule has 2 atom stereocenters. The summed E-state index contributed by atoms with van der Waals surface area (Å²) < 4.78 is 0. The van der Waals surface area contributed by atoms with E-state index in [4.69, 9.17) is 0 Å². The van der Waals surface area contributed by atoms with Gasteiger partial charge in [0.25, 0.3) is 0 Å². The van der Waals surface area contributed by atoms with E-state index >= 15 is 0 Å². The first kappa shape index (κ1) is 12.1. The van der Waals surface area contributed by atoms with Crippen LogP contribution >= 0.6 is 11.8 Å². The predicted molar refractivity (Wildman–Crippen MR) is 60.7 cm³/mol. The van der Waals surface area contributed by atoms with E-state index in [1.165, 1.54) is 0 Å². The summed E-state index contributed by atoms with van der Waals surface area (Å²) in [6.45, 7) is 11.3. The minimum Gasteiger partial charge on any atom is -0.162 e. The number of hydrogen-bond acceptors (Lipinski definition) is 1. The van der Waals surface area contributed by atoms with Crippen molar-refractivity contribution in [3.63, 3.8) is 0 Å². The zero-order valence-electron chi connectivity index (χ0n) is 9.22. The molecule has 1 heteroatoms. The van der Waals surface area contributed by atoms with Gasteiger partial charge in [-0.3, -0.25) is 0 Å². The molecule has 0 N–H and O–H groups in total. The van der Waals surface area contributed by atoms with Gasteiger partial charge in [-0.2, -0.15) is 11.8 Å². The monoisotopic (exact) mass is 186 g/mol. The van der Waals surface area contributed by atoms with Gasteiger partial charge in [0.1, 0.15) is 0 Å². The van der Waals surface area contributed by atoms with Crippen LogP contribution in [0.1, 0.15) is 34.6 Å². The first-order valence-corrected chi connectivity index (χ1v) is 5.88. The standard InChI is InChI=1S/C11H22S/c1-7-8-10(9(2)12-6)11(3,4)5/h7-10H,1-6H3/b8-7-. The molecule has 0 saturated heterocycles. The Morgan fingerprint density at radius 3 is 2.00 bits per heavy atom. The van der Waals surface area contributed by atoms with Crippen LogP contribution in [0, 0.1) is 11.3 Å². The maximum atomic E-state index is 2.33. The van der Waals surface area contributed by atoms with Crippen molar-refractivity contribution in [2.45, 2.75) is 39.9 Å². The minimum atomic E-state index is 0.384. The summed E-state index contributed by atoms with van der Waals surface area (Å²) in [6, 6.07) is 0. The summed E-state index contributed by atoms with van der Waals surface area (Å²) in [5.74, 6) is 0.678. The number of hydrogen-bond donors (Lipinski definition) is 0. The van der Waals surface area contributed by atoms with Gasteiger partial charge in [0.15, 0.2) is 0 Å². The third-order valence-corrected chi connectivity index (χ3v) is 3.31. The molecule has 0 aliphatic carbocycles. The first-order valence-electron chi connectivity index (χ1n) is 4.59. The Morgan fingerprint density at radius 1 is 1.25 bits per heavy atom. The lowest BCUT2D eigenvalue weighted by atomic mass is 9.79. The van der Waals surface area contributed by atoms with E-state index in [9.17, 15) is 0 Å². The van der Waals surface area contributed by atoms with Crippen molar-refractivity contribution in [2.24, 2.45) is 11.3 Å². The van der Waals surface area contributed by atoms with Crippen molar-refractivity contribution in [3.05, 3.63) is 12.2 Å². The summed E-state index contributed by atoms with van der Waals surface area (Å²) >= 11 is 1.95. The van der Waals surface area contributed by atoms with Gasteiger partial charge in [-0.25, -0.2) is 0 Å². The molecule has 0 aromatic rings. The molecular weight excluding hydrogens is 164 g/mol. The van der Waals surface area contributed by atoms with E-state index < -0.39 is 0 Å². The van der Waals surface area contributed by atoms with E-state index in [-0.39, 0.29) is 0 Å². The lowest BCUT2D eigenvalue weighted by molar-refractivity contribution is 0.292. The van der Waals surface area contributed by atoms with Gasteiger partial charge in [-0.15, -0.1) is 0 Å². The second kappa shape index (κ2) is 4.96. The quantitative estimate of drug-likeness (QED) is 0.601. The molecule has 2 unspecified atom stereocenters. The van der Waals surface area contributed by atoms with Gasteiger partial charge < -0.3 is 0 Å². The lowest BCUT2D eigenvalue weighted by Crippen LogP contribution is -2.26. The van der Waals surface area contributed by atoms with E-state index in [0.717, 1.165) is 0 Å². The third kappa shape index (κ3) is 3.66. The van der Waals surface area contributed by atoms with Crippen molar-refractivity contribution in [3.8, 4) is 0 Å². The fourth-order valence-electron chi connectivity index (χ4n) is 1.50. The van der Waals surface area contributed by atoms with Crippen LogP contribution in [0.15, 0.2) is 12.2 Å².